The molecule has 0 saturated carbocycles. The monoisotopic (exact) mass is 537 g/mol. The standard InChI is InChI=1S/C26H21F2N5O4S/c1-17(26(35,13-32-15-29-14-31-32)22-10-7-18(27)11-23(22)28)33-16-30-24-12-20(8-9-21(24)25(33)34)38(36,37)19-5-3-2-4-6-19/h2-12,14-17,35H,13H2,1H3/t17-,26-/m1/s1. The number of sulfone groups is 1. The topological polar surface area (TPSA) is 120 Å². The van der Waals surface area contributed by atoms with Crippen molar-refractivity contribution < 1.29 is 22.3 Å². The van der Waals surface area contributed by atoms with E-state index >= 15 is 0 Å². The number of aromatic nitrogens is 5. The van der Waals surface area contributed by atoms with Crippen LogP contribution in [0.1, 0.15) is 18.5 Å². The molecule has 0 aliphatic rings. The summed E-state index contributed by atoms with van der Waals surface area (Å²) in [5.74, 6) is -1.83. The molecule has 5 rings (SSSR count). The average Bonchev–Trinajstić information content (AvgIpc) is 3.41. The number of hydrogen-bond donors (Lipinski definition) is 1. The van der Waals surface area contributed by atoms with Gasteiger partial charge in [-0.3, -0.25) is 9.36 Å². The summed E-state index contributed by atoms with van der Waals surface area (Å²) in [7, 11) is -3.84. The number of rotatable bonds is 7. The lowest BCUT2D eigenvalue weighted by atomic mass is 9.86. The Labute approximate surface area is 215 Å². The molecule has 0 saturated heterocycles. The largest absolute Gasteiger partial charge is 0.381 e. The molecular weight excluding hydrogens is 516 g/mol. The van der Waals surface area contributed by atoms with Crippen LogP contribution in [0.25, 0.3) is 10.9 Å². The van der Waals surface area contributed by atoms with Crippen LogP contribution < -0.4 is 5.56 Å². The van der Waals surface area contributed by atoms with Crippen molar-refractivity contribution in [3.63, 3.8) is 0 Å². The molecule has 2 heterocycles. The molecular formula is C26H21F2N5O4S. The first-order chi connectivity index (χ1) is 18.1. The molecule has 0 radical (unpaired) electrons. The van der Waals surface area contributed by atoms with E-state index in [2.05, 4.69) is 15.1 Å². The second-order valence-electron chi connectivity index (χ2n) is 8.77. The van der Waals surface area contributed by atoms with Crippen LogP contribution in [-0.4, -0.2) is 37.8 Å². The molecule has 0 fully saturated rings. The molecule has 0 unspecified atom stereocenters. The third-order valence-electron chi connectivity index (χ3n) is 6.49. The van der Waals surface area contributed by atoms with E-state index in [1.807, 2.05) is 0 Å². The minimum atomic E-state index is -3.84. The van der Waals surface area contributed by atoms with Crippen molar-refractivity contribution in [3.05, 3.63) is 113 Å². The minimum Gasteiger partial charge on any atom is -0.381 e. The fourth-order valence-corrected chi connectivity index (χ4v) is 5.67. The molecule has 0 amide bonds. The van der Waals surface area contributed by atoms with Crippen LogP contribution in [0.2, 0.25) is 0 Å². The molecule has 12 heteroatoms. The maximum atomic E-state index is 14.9. The Morgan fingerprint density at radius 3 is 2.45 bits per heavy atom. The molecule has 0 spiro atoms. The number of aliphatic hydroxyl groups is 1. The van der Waals surface area contributed by atoms with Crippen LogP contribution in [0.4, 0.5) is 8.78 Å². The highest BCUT2D eigenvalue weighted by Gasteiger charge is 2.41. The van der Waals surface area contributed by atoms with Crippen LogP contribution in [0.5, 0.6) is 0 Å². The maximum absolute atomic E-state index is 14.9. The highest BCUT2D eigenvalue weighted by molar-refractivity contribution is 7.91. The van der Waals surface area contributed by atoms with Crippen LogP contribution >= 0.6 is 0 Å². The molecule has 38 heavy (non-hydrogen) atoms. The van der Waals surface area contributed by atoms with Gasteiger partial charge in [-0.25, -0.2) is 31.8 Å². The van der Waals surface area contributed by atoms with Gasteiger partial charge in [0.25, 0.3) is 5.56 Å². The molecule has 194 valence electrons. The normalized spacial score (nSPS) is 14.3. The van der Waals surface area contributed by atoms with E-state index in [1.165, 1.54) is 54.6 Å². The predicted molar refractivity (Wildman–Crippen MR) is 133 cm³/mol. The molecule has 2 atom stereocenters. The number of nitrogens with zero attached hydrogens (tertiary/aromatic N) is 5. The quantitative estimate of drug-likeness (QED) is 0.338. The molecule has 9 nitrogen and oxygen atoms in total. The summed E-state index contributed by atoms with van der Waals surface area (Å²) in [6, 6.07) is 13.5. The summed E-state index contributed by atoms with van der Waals surface area (Å²) >= 11 is 0. The Bertz CT molecular complexity index is 1790. The maximum Gasteiger partial charge on any atom is 0.261 e. The molecule has 0 aliphatic heterocycles. The van der Waals surface area contributed by atoms with Crippen molar-refractivity contribution in [2.45, 2.75) is 34.9 Å². The Balaban J connectivity index is 1.60. The summed E-state index contributed by atoms with van der Waals surface area (Å²) in [5.41, 5.74) is -2.80. The lowest BCUT2D eigenvalue weighted by Gasteiger charge is -2.35. The van der Waals surface area contributed by atoms with Gasteiger partial charge in [0, 0.05) is 11.6 Å². The highest BCUT2D eigenvalue weighted by atomic mass is 32.2. The van der Waals surface area contributed by atoms with Gasteiger partial charge < -0.3 is 5.11 Å². The third kappa shape index (κ3) is 4.37. The molecule has 0 aliphatic carbocycles. The van der Waals surface area contributed by atoms with Gasteiger partial charge in [-0.15, -0.1) is 0 Å². The minimum absolute atomic E-state index is 0.0371. The summed E-state index contributed by atoms with van der Waals surface area (Å²) in [6.07, 6.45) is 3.70. The van der Waals surface area contributed by atoms with E-state index in [9.17, 15) is 27.1 Å². The van der Waals surface area contributed by atoms with E-state index in [-0.39, 0.29) is 32.8 Å². The molecule has 1 N–H and O–H groups in total. The van der Waals surface area contributed by atoms with Gasteiger partial charge in [-0.2, -0.15) is 5.10 Å². The SMILES string of the molecule is C[C@@H](n1cnc2cc(S(=O)(=O)c3ccccc3)ccc2c1=O)[C@](O)(Cn1cncn1)c1ccc(F)cc1F. The van der Waals surface area contributed by atoms with Gasteiger partial charge in [0.05, 0.1) is 39.6 Å². The van der Waals surface area contributed by atoms with E-state index in [1.54, 1.807) is 18.2 Å². The summed E-state index contributed by atoms with van der Waals surface area (Å²) < 4.78 is 56.9. The first-order valence-corrected chi connectivity index (χ1v) is 12.9. The Hall–Kier alpha value is -4.29. The van der Waals surface area contributed by atoms with E-state index in [0.29, 0.717) is 6.07 Å². The second-order valence-corrected chi connectivity index (χ2v) is 10.7. The lowest BCUT2D eigenvalue weighted by Crippen LogP contribution is -2.43. The summed E-state index contributed by atoms with van der Waals surface area (Å²) in [4.78, 5) is 21.7. The van der Waals surface area contributed by atoms with Crippen molar-refractivity contribution in [1.29, 1.82) is 0 Å². The van der Waals surface area contributed by atoms with Crippen LogP contribution in [0.15, 0.2) is 100 Å². The van der Waals surface area contributed by atoms with E-state index in [0.717, 1.165) is 23.0 Å². The van der Waals surface area contributed by atoms with Crippen LogP contribution in [0.3, 0.4) is 0 Å². The summed E-state index contributed by atoms with van der Waals surface area (Å²) in [5, 5.41) is 15.9. The first-order valence-electron chi connectivity index (χ1n) is 11.4. The van der Waals surface area contributed by atoms with Crippen molar-refractivity contribution >= 4 is 20.7 Å². The number of halogens is 2. The fourth-order valence-electron chi connectivity index (χ4n) is 4.37. The Morgan fingerprint density at radius 1 is 1.00 bits per heavy atom. The van der Waals surface area contributed by atoms with Gasteiger partial charge in [-0.05, 0) is 43.3 Å². The zero-order valence-corrected chi connectivity index (χ0v) is 20.8. The predicted octanol–water partition coefficient (Wildman–Crippen LogP) is 3.25. The van der Waals surface area contributed by atoms with E-state index in [4.69, 9.17) is 0 Å². The van der Waals surface area contributed by atoms with E-state index < -0.39 is 38.7 Å². The zero-order valence-electron chi connectivity index (χ0n) is 19.9. The van der Waals surface area contributed by atoms with Crippen molar-refractivity contribution in [2.24, 2.45) is 0 Å². The average molecular weight is 538 g/mol. The van der Waals surface area contributed by atoms with Gasteiger partial charge in [0.1, 0.15) is 29.9 Å². The molecule has 2 aromatic heterocycles. The first kappa shape index (κ1) is 25.4. The fraction of sp³-hybridized carbons (Fsp3) is 0.154. The van der Waals surface area contributed by atoms with Crippen molar-refractivity contribution in [3.8, 4) is 0 Å². The number of fused-ring (bicyclic) bond motifs is 1. The van der Waals surface area contributed by atoms with Crippen LogP contribution in [-0.2, 0) is 22.0 Å². The Morgan fingerprint density at radius 2 is 1.76 bits per heavy atom. The second kappa shape index (κ2) is 9.54. The zero-order chi connectivity index (χ0) is 27.1. The van der Waals surface area contributed by atoms with Gasteiger partial charge in [-0.1, -0.05) is 24.3 Å². The van der Waals surface area contributed by atoms with Gasteiger partial charge in [0.15, 0.2) is 0 Å². The number of benzene rings is 3. The summed E-state index contributed by atoms with van der Waals surface area (Å²) in [6.45, 7) is 1.18. The van der Waals surface area contributed by atoms with Crippen molar-refractivity contribution in [2.75, 3.05) is 0 Å². The van der Waals surface area contributed by atoms with Crippen molar-refractivity contribution in [1.82, 2.24) is 24.3 Å². The lowest BCUT2D eigenvalue weighted by molar-refractivity contribution is -0.0343. The highest BCUT2D eigenvalue weighted by Crippen LogP contribution is 2.36. The third-order valence-corrected chi connectivity index (χ3v) is 8.26. The van der Waals surface area contributed by atoms with Gasteiger partial charge >= 0.3 is 0 Å². The molecule has 3 aromatic carbocycles. The molecule has 5 aromatic rings. The van der Waals surface area contributed by atoms with Crippen LogP contribution in [0, 0.1) is 11.6 Å². The van der Waals surface area contributed by atoms with Gasteiger partial charge in [0.2, 0.25) is 9.84 Å². The molecule has 0 bridgehead atoms. The number of hydrogen-bond acceptors (Lipinski definition) is 7. The smallest absolute Gasteiger partial charge is 0.261 e. The Kier molecular flexibility index (Phi) is 6.37.